The zero-order chi connectivity index (χ0) is 22.9. The van der Waals surface area contributed by atoms with Gasteiger partial charge in [0, 0.05) is 11.8 Å². The van der Waals surface area contributed by atoms with Crippen LogP contribution < -0.4 is 20.5 Å². The molecule has 0 amide bonds. The van der Waals surface area contributed by atoms with Crippen LogP contribution in [0.2, 0.25) is 5.28 Å². The lowest BCUT2D eigenvalue weighted by atomic mass is 10.1. The highest BCUT2D eigenvalue weighted by molar-refractivity contribution is 6.28. The Hall–Kier alpha value is -2.86. The Kier molecular flexibility index (Phi) is 9.06. The van der Waals surface area contributed by atoms with Crippen molar-refractivity contribution in [3.05, 3.63) is 29.0 Å². The van der Waals surface area contributed by atoms with Crippen LogP contribution in [0, 0.1) is 0 Å². The normalized spacial score (nSPS) is 11.2. The molecule has 9 nitrogen and oxygen atoms in total. The van der Waals surface area contributed by atoms with Gasteiger partial charge in [-0.2, -0.15) is 28.1 Å². The van der Waals surface area contributed by atoms with Gasteiger partial charge in [0.15, 0.2) is 6.61 Å². The summed E-state index contributed by atoms with van der Waals surface area (Å²) in [6.07, 6.45) is -2.11. The van der Waals surface area contributed by atoms with Crippen LogP contribution in [-0.4, -0.2) is 54.0 Å². The molecule has 13 heteroatoms. The van der Waals surface area contributed by atoms with Gasteiger partial charge in [0.2, 0.25) is 11.2 Å². The zero-order valence-corrected chi connectivity index (χ0v) is 17.3. The smallest absolute Gasteiger partial charge is 0.422 e. The van der Waals surface area contributed by atoms with E-state index in [4.69, 9.17) is 26.8 Å². The van der Waals surface area contributed by atoms with Crippen LogP contribution in [0.3, 0.4) is 0 Å². The summed E-state index contributed by atoms with van der Waals surface area (Å²) < 4.78 is 51.9. The number of hydrogen-bond acceptors (Lipinski definition) is 9. The molecule has 0 aliphatic carbocycles. The van der Waals surface area contributed by atoms with Gasteiger partial charge < -0.3 is 25.3 Å². The number of nitrogens with two attached hydrogens (primary N) is 1. The van der Waals surface area contributed by atoms with E-state index in [1.165, 1.54) is 25.3 Å². The molecular formula is C18H21ClF3N5O4. The lowest BCUT2D eigenvalue weighted by molar-refractivity contribution is -0.154. The summed E-state index contributed by atoms with van der Waals surface area (Å²) >= 11 is 5.73. The molecule has 0 saturated carbocycles. The molecule has 0 spiro atoms. The molecule has 0 fully saturated rings. The fourth-order valence-corrected chi connectivity index (χ4v) is 2.48. The molecule has 0 unspecified atom stereocenters. The summed E-state index contributed by atoms with van der Waals surface area (Å²) in [4.78, 5) is 23.0. The third-order valence-corrected chi connectivity index (χ3v) is 3.87. The molecule has 2 aromatic rings. The number of halogens is 4. The first-order valence-electron chi connectivity index (χ1n) is 9.15. The topological polar surface area (TPSA) is 121 Å². The number of ether oxygens (including phenoxy) is 3. The first-order valence-corrected chi connectivity index (χ1v) is 9.53. The maximum absolute atomic E-state index is 12.3. The van der Waals surface area contributed by atoms with Gasteiger partial charge in [-0.15, -0.1) is 0 Å². The minimum Gasteiger partial charge on any atom is -0.493 e. The number of carbonyl (C=O) groups is 1. The molecule has 0 atom stereocenters. The Morgan fingerprint density at radius 3 is 2.61 bits per heavy atom. The van der Waals surface area contributed by atoms with Gasteiger partial charge in [0.1, 0.15) is 11.3 Å². The van der Waals surface area contributed by atoms with E-state index in [0.717, 1.165) is 19.3 Å². The van der Waals surface area contributed by atoms with Crippen LogP contribution in [0.15, 0.2) is 18.2 Å². The van der Waals surface area contributed by atoms with Gasteiger partial charge in [-0.25, -0.2) is 4.79 Å². The predicted molar refractivity (Wildman–Crippen MR) is 106 cm³/mol. The number of rotatable bonds is 11. The van der Waals surface area contributed by atoms with E-state index in [1.807, 2.05) is 0 Å². The van der Waals surface area contributed by atoms with Crippen molar-refractivity contribution >= 4 is 29.2 Å². The number of alkyl halides is 3. The van der Waals surface area contributed by atoms with Crippen LogP contribution in [0.5, 0.6) is 11.8 Å². The monoisotopic (exact) mass is 463 g/mol. The van der Waals surface area contributed by atoms with Gasteiger partial charge in [-0.3, -0.25) is 0 Å². The van der Waals surface area contributed by atoms with Crippen molar-refractivity contribution in [2.24, 2.45) is 5.73 Å². The summed E-state index contributed by atoms with van der Waals surface area (Å²) in [5, 5.41) is 2.40. The van der Waals surface area contributed by atoms with Crippen molar-refractivity contribution in [1.82, 2.24) is 15.0 Å². The number of esters is 1. The van der Waals surface area contributed by atoms with Gasteiger partial charge in [-0.05, 0) is 49.5 Å². The fourth-order valence-electron chi connectivity index (χ4n) is 2.33. The molecular weight excluding hydrogens is 443 g/mol. The third kappa shape index (κ3) is 8.42. The van der Waals surface area contributed by atoms with Crippen molar-refractivity contribution in [3.8, 4) is 11.8 Å². The average molecular weight is 464 g/mol. The number of aromatic nitrogens is 3. The van der Waals surface area contributed by atoms with Gasteiger partial charge >= 0.3 is 18.2 Å². The number of hydrogen-bond donors (Lipinski definition) is 2. The molecule has 3 N–H and O–H groups in total. The van der Waals surface area contributed by atoms with Crippen molar-refractivity contribution in [2.45, 2.75) is 25.4 Å². The molecule has 1 aromatic heterocycles. The second-order valence-corrected chi connectivity index (χ2v) is 6.48. The third-order valence-electron chi connectivity index (χ3n) is 3.70. The van der Waals surface area contributed by atoms with E-state index >= 15 is 0 Å². The Morgan fingerprint density at radius 1 is 1.16 bits per heavy atom. The minimum atomic E-state index is -4.56. The molecule has 0 aliphatic rings. The van der Waals surface area contributed by atoms with Crippen LogP contribution in [0.1, 0.15) is 29.6 Å². The second kappa shape index (κ2) is 11.5. The van der Waals surface area contributed by atoms with Gasteiger partial charge in [0.25, 0.3) is 0 Å². The zero-order valence-electron chi connectivity index (χ0n) is 16.5. The quantitative estimate of drug-likeness (QED) is 0.380. The number of nitrogens with one attached hydrogen (secondary N) is 1. The number of anilines is 2. The molecule has 0 bridgehead atoms. The molecule has 31 heavy (non-hydrogen) atoms. The van der Waals surface area contributed by atoms with E-state index in [9.17, 15) is 18.0 Å². The van der Waals surface area contributed by atoms with E-state index in [-0.39, 0.29) is 22.5 Å². The first-order chi connectivity index (χ1) is 14.7. The number of unbranched alkanes of at least 4 members (excludes halogenated alkanes) is 2. The second-order valence-electron chi connectivity index (χ2n) is 6.14. The highest BCUT2D eigenvalue weighted by atomic mass is 35.5. The maximum atomic E-state index is 12.3. The lowest BCUT2D eigenvalue weighted by Gasteiger charge is -2.13. The highest BCUT2D eigenvalue weighted by Gasteiger charge is 2.29. The molecule has 170 valence electrons. The van der Waals surface area contributed by atoms with Crippen molar-refractivity contribution in [1.29, 1.82) is 0 Å². The van der Waals surface area contributed by atoms with Crippen molar-refractivity contribution in [3.63, 3.8) is 0 Å². The van der Waals surface area contributed by atoms with Gasteiger partial charge in [0.05, 0.1) is 13.7 Å². The van der Waals surface area contributed by atoms with Crippen LogP contribution in [0.4, 0.5) is 24.8 Å². The highest BCUT2D eigenvalue weighted by Crippen LogP contribution is 2.27. The van der Waals surface area contributed by atoms with Crippen LogP contribution in [0.25, 0.3) is 0 Å². The molecule has 1 heterocycles. The molecule has 0 radical (unpaired) electrons. The summed E-state index contributed by atoms with van der Waals surface area (Å²) in [5.41, 5.74) is 6.04. The molecule has 0 saturated heterocycles. The lowest BCUT2D eigenvalue weighted by Crippen LogP contribution is -2.20. The van der Waals surface area contributed by atoms with E-state index in [0.29, 0.717) is 18.8 Å². The number of benzene rings is 1. The maximum Gasteiger partial charge on any atom is 0.422 e. The van der Waals surface area contributed by atoms with Crippen LogP contribution in [-0.2, 0) is 4.74 Å². The van der Waals surface area contributed by atoms with Crippen molar-refractivity contribution < 1.29 is 32.2 Å². The number of methoxy groups -OCH3 is 1. The molecule has 1 aromatic carbocycles. The first kappa shape index (κ1) is 24.4. The van der Waals surface area contributed by atoms with E-state index < -0.39 is 24.8 Å². The summed E-state index contributed by atoms with van der Waals surface area (Å²) in [6.45, 7) is -0.654. The average Bonchev–Trinajstić information content (AvgIpc) is 2.71. The Labute approximate surface area is 181 Å². The number of carbonyl (C=O) groups excluding carboxylic acids is 1. The Bertz CT molecular complexity index is 886. The standard InChI is InChI=1S/C18H21ClF3N5O4/c1-29-14(28)12-6-5-11(9-13(12)30-8-4-2-3-7-23)24-16-25-15(19)26-17(27-16)31-10-18(20,21)22/h5-6,9H,2-4,7-8,10,23H2,1H3,(H,24,25,26,27). The molecule has 2 rings (SSSR count). The Balaban J connectivity index is 2.17. The minimum absolute atomic E-state index is 0.156. The summed E-state index contributed by atoms with van der Waals surface area (Å²) in [6, 6.07) is 3.89. The molecule has 0 aliphatic heterocycles. The number of nitrogens with zero attached hydrogens (tertiary/aromatic N) is 3. The van der Waals surface area contributed by atoms with Gasteiger partial charge in [-0.1, -0.05) is 0 Å². The fraction of sp³-hybridized carbons (Fsp3) is 0.444. The largest absolute Gasteiger partial charge is 0.493 e. The SMILES string of the molecule is COC(=O)c1ccc(Nc2nc(Cl)nc(OCC(F)(F)F)n2)cc1OCCCCCN. The predicted octanol–water partition coefficient (Wildman–Crippen LogP) is 3.50. The van der Waals surface area contributed by atoms with E-state index in [1.54, 1.807) is 0 Å². The Morgan fingerprint density at radius 2 is 1.94 bits per heavy atom. The summed E-state index contributed by atoms with van der Waals surface area (Å²) in [7, 11) is 1.24. The van der Waals surface area contributed by atoms with Crippen molar-refractivity contribution in [2.75, 3.05) is 32.2 Å². The summed E-state index contributed by atoms with van der Waals surface area (Å²) in [5.74, 6) is -0.496. The van der Waals surface area contributed by atoms with Crippen LogP contribution >= 0.6 is 11.6 Å². The van der Waals surface area contributed by atoms with E-state index in [2.05, 4.69) is 25.0 Å².